The fraction of sp³-hybridized carbons (Fsp3) is 0.611. The first-order valence-corrected chi connectivity index (χ1v) is 8.53. The molecular weight excluding hydrogens is 292 g/mol. The average Bonchev–Trinajstić information content (AvgIpc) is 2.61. The van der Waals surface area contributed by atoms with Gasteiger partial charge in [-0.05, 0) is 43.4 Å². The van der Waals surface area contributed by atoms with Crippen LogP contribution >= 0.6 is 0 Å². The number of piperidine rings is 1. The Morgan fingerprint density at radius 2 is 1.87 bits per heavy atom. The van der Waals surface area contributed by atoms with Crippen molar-refractivity contribution in [2.75, 3.05) is 46.0 Å². The van der Waals surface area contributed by atoms with E-state index in [1.807, 2.05) is 21.9 Å². The van der Waals surface area contributed by atoms with Crippen molar-refractivity contribution in [2.45, 2.75) is 19.8 Å². The Kier molecular flexibility index (Phi) is 5.39. The summed E-state index contributed by atoms with van der Waals surface area (Å²) >= 11 is 0. The summed E-state index contributed by atoms with van der Waals surface area (Å²) in [6.07, 6.45) is 2.03. The Morgan fingerprint density at radius 3 is 2.57 bits per heavy atom. The highest BCUT2D eigenvalue weighted by molar-refractivity contribution is 5.74. The summed E-state index contributed by atoms with van der Waals surface area (Å²) in [5, 5.41) is 0. The minimum absolute atomic E-state index is 0.173. The molecule has 0 aromatic heterocycles. The summed E-state index contributed by atoms with van der Waals surface area (Å²) in [5.74, 6) is 1.47. The molecule has 5 heteroatoms. The van der Waals surface area contributed by atoms with Crippen molar-refractivity contribution in [3.8, 4) is 5.75 Å². The molecule has 2 saturated heterocycles. The highest BCUT2D eigenvalue weighted by Gasteiger charge is 2.27. The molecule has 3 rings (SSSR count). The van der Waals surface area contributed by atoms with E-state index >= 15 is 0 Å². The van der Waals surface area contributed by atoms with Crippen molar-refractivity contribution in [3.63, 3.8) is 0 Å². The molecule has 2 amide bonds. The molecule has 126 valence electrons. The van der Waals surface area contributed by atoms with E-state index in [0.29, 0.717) is 19.1 Å². The molecule has 0 saturated carbocycles. The molecule has 2 aliphatic rings. The maximum Gasteiger partial charge on any atom is 0.320 e. The van der Waals surface area contributed by atoms with Crippen LogP contribution in [0, 0.1) is 12.8 Å². The fourth-order valence-electron chi connectivity index (χ4n) is 3.16. The standard InChI is InChI=1S/C18H26N2O3/c1-15-3-2-4-17(13-15)23-14-16-5-7-19(8-6-16)18(21)20-9-11-22-12-10-20/h2-4,13,16H,5-12,14H2,1H3. The minimum atomic E-state index is 0.173. The van der Waals surface area contributed by atoms with Gasteiger partial charge >= 0.3 is 6.03 Å². The maximum absolute atomic E-state index is 12.4. The predicted octanol–water partition coefficient (Wildman–Crippen LogP) is 2.54. The van der Waals surface area contributed by atoms with Gasteiger partial charge in [-0.25, -0.2) is 4.79 Å². The number of rotatable bonds is 3. The molecule has 2 heterocycles. The number of urea groups is 1. The van der Waals surface area contributed by atoms with Crippen molar-refractivity contribution in [1.29, 1.82) is 0 Å². The van der Waals surface area contributed by atoms with Crippen molar-refractivity contribution < 1.29 is 14.3 Å². The molecule has 2 fully saturated rings. The van der Waals surface area contributed by atoms with Gasteiger partial charge in [0.05, 0.1) is 19.8 Å². The molecule has 0 spiro atoms. The normalized spacial score (nSPS) is 19.7. The Hall–Kier alpha value is -1.75. The number of ether oxygens (including phenoxy) is 2. The van der Waals surface area contributed by atoms with E-state index in [4.69, 9.17) is 9.47 Å². The lowest BCUT2D eigenvalue weighted by Gasteiger charge is -2.37. The number of hydrogen-bond donors (Lipinski definition) is 0. The molecular formula is C18H26N2O3. The van der Waals surface area contributed by atoms with Crippen LogP contribution in [0.15, 0.2) is 24.3 Å². The number of morpholine rings is 1. The summed E-state index contributed by atoms with van der Waals surface area (Å²) in [7, 11) is 0. The smallest absolute Gasteiger partial charge is 0.320 e. The molecule has 5 nitrogen and oxygen atoms in total. The second-order valence-electron chi connectivity index (χ2n) is 6.44. The van der Waals surface area contributed by atoms with Gasteiger partial charge in [0.15, 0.2) is 0 Å². The quantitative estimate of drug-likeness (QED) is 0.860. The molecule has 2 aliphatic heterocycles. The number of likely N-dealkylation sites (tertiary alicyclic amines) is 1. The first-order valence-electron chi connectivity index (χ1n) is 8.53. The number of amides is 2. The Labute approximate surface area is 138 Å². The van der Waals surface area contributed by atoms with E-state index in [1.54, 1.807) is 0 Å². The zero-order valence-corrected chi connectivity index (χ0v) is 13.9. The molecule has 0 radical (unpaired) electrons. The number of nitrogens with zero attached hydrogens (tertiary/aromatic N) is 2. The van der Waals surface area contributed by atoms with Crippen LogP contribution in [-0.2, 0) is 4.74 Å². The van der Waals surface area contributed by atoms with Crippen LogP contribution in [-0.4, -0.2) is 61.8 Å². The first kappa shape index (κ1) is 16.1. The van der Waals surface area contributed by atoms with Crippen molar-refractivity contribution in [2.24, 2.45) is 5.92 Å². The first-order chi connectivity index (χ1) is 11.2. The second-order valence-corrected chi connectivity index (χ2v) is 6.44. The van der Waals surface area contributed by atoms with Gasteiger partial charge in [0, 0.05) is 26.2 Å². The Bertz CT molecular complexity index is 521. The van der Waals surface area contributed by atoms with Crippen molar-refractivity contribution >= 4 is 6.03 Å². The lowest BCUT2D eigenvalue weighted by atomic mass is 9.98. The van der Waals surface area contributed by atoms with E-state index < -0.39 is 0 Å². The highest BCUT2D eigenvalue weighted by Crippen LogP contribution is 2.21. The van der Waals surface area contributed by atoms with Crippen molar-refractivity contribution in [3.05, 3.63) is 29.8 Å². The molecule has 0 unspecified atom stereocenters. The number of benzene rings is 1. The molecule has 1 aromatic rings. The van der Waals surface area contributed by atoms with E-state index in [2.05, 4.69) is 19.1 Å². The average molecular weight is 318 g/mol. The molecule has 1 aromatic carbocycles. The van der Waals surface area contributed by atoms with Gasteiger partial charge in [0.25, 0.3) is 0 Å². The van der Waals surface area contributed by atoms with E-state index in [1.165, 1.54) is 5.56 Å². The third-order valence-electron chi connectivity index (χ3n) is 4.64. The van der Waals surface area contributed by atoms with Crippen LogP contribution in [0.25, 0.3) is 0 Å². The third-order valence-corrected chi connectivity index (χ3v) is 4.64. The van der Waals surface area contributed by atoms with Gasteiger partial charge < -0.3 is 19.3 Å². The highest BCUT2D eigenvalue weighted by atomic mass is 16.5. The second kappa shape index (κ2) is 7.68. The van der Waals surface area contributed by atoms with Crippen LogP contribution in [0.4, 0.5) is 4.79 Å². The summed E-state index contributed by atoms with van der Waals surface area (Å²) in [5.41, 5.74) is 1.22. The van der Waals surface area contributed by atoms with Gasteiger partial charge in [-0.1, -0.05) is 12.1 Å². The summed E-state index contributed by atoms with van der Waals surface area (Å²) in [4.78, 5) is 16.3. The van der Waals surface area contributed by atoms with Gasteiger partial charge in [0.2, 0.25) is 0 Å². The van der Waals surface area contributed by atoms with Crippen LogP contribution < -0.4 is 4.74 Å². The van der Waals surface area contributed by atoms with Gasteiger partial charge in [0.1, 0.15) is 5.75 Å². The lowest BCUT2D eigenvalue weighted by molar-refractivity contribution is 0.0389. The van der Waals surface area contributed by atoms with Gasteiger partial charge in [-0.3, -0.25) is 0 Å². The Morgan fingerprint density at radius 1 is 1.17 bits per heavy atom. The molecule has 0 N–H and O–H groups in total. The monoisotopic (exact) mass is 318 g/mol. The number of aryl methyl sites for hydroxylation is 1. The van der Waals surface area contributed by atoms with E-state index in [0.717, 1.165) is 51.4 Å². The van der Waals surface area contributed by atoms with Crippen LogP contribution in [0.3, 0.4) is 0 Å². The lowest BCUT2D eigenvalue weighted by Crippen LogP contribution is -2.50. The van der Waals surface area contributed by atoms with Gasteiger partial charge in [-0.2, -0.15) is 0 Å². The van der Waals surface area contributed by atoms with Crippen LogP contribution in [0.5, 0.6) is 5.75 Å². The number of hydrogen-bond acceptors (Lipinski definition) is 3. The number of carbonyl (C=O) groups excluding carboxylic acids is 1. The molecule has 23 heavy (non-hydrogen) atoms. The van der Waals surface area contributed by atoms with Crippen LogP contribution in [0.1, 0.15) is 18.4 Å². The summed E-state index contributed by atoms with van der Waals surface area (Å²) < 4.78 is 11.2. The minimum Gasteiger partial charge on any atom is -0.493 e. The molecule has 0 atom stereocenters. The fourth-order valence-corrected chi connectivity index (χ4v) is 3.16. The largest absolute Gasteiger partial charge is 0.493 e. The SMILES string of the molecule is Cc1cccc(OCC2CCN(C(=O)N3CCOCC3)CC2)c1. The summed E-state index contributed by atoms with van der Waals surface area (Å²) in [6, 6.07) is 8.34. The maximum atomic E-state index is 12.4. The van der Waals surface area contributed by atoms with E-state index in [9.17, 15) is 4.79 Å². The Balaban J connectivity index is 1.42. The topological polar surface area (TPSA) is 42.0 Å². The molecule has 0 aliphatic carbocycles. The van der Waals surface area contributed by atoms with Crippen molar-refractivity contribution in [1.82, 2.24) is 9.80 Å². The zero-order valence-electron chi connectivity index (χ0n) is 13.9. The third kappa shape index (κ3) is 4.38. The predicted molar refractivity (Wildman–Crippen MR) is 88.8 cm³/mol. The summed E-state index contributed by atoms with van der Waals surface area (Å²) in [6.45, 7) is 7.23. The van der Waals surface area contributed by atoms with Gasteiger partial charge in [-0.15, -0.1) is 0 Å². The number of carbonyl (C=O) groups is 1. The van der Waals surface area contributed by atoms with E-state index in [-0.39, 0.29) is 6.03 Å². The zero-order chi connectivity index (χ0) is 16.1. The van der Waals surface area contributed by atoms with Crippen LogP contribution in [0.2, 0.25) is 0 Å². The molecule has 0 bridgehead atoms.